The number of halogens is 1. The molecule has 1 aromatic heterocycles. The lowest BCUT2D eigenvalue weighted by molar-refractivity contribution is 0.382. The second-order valence-electron chi connectivity index (χ2n) is 4.35. The largest absolute Gasteiger partial charge is 0.494 e. The highest BCUT2D eigenvalue weighted by Gasteiger charge is 2.17. The second-order valence-corrected chi connectivity index (χ2v) is 4.35. The van der Waals surface area contributed by atoms with E-state index < -0.39 is 0 Å². The van der Waals surface area contributed by atoms with Crippen LogP contribution in [0.5, 0.6) is 5.75 Å². The van der Waals surface area contributed by atoms with Crippen molar-refractivity contribution >= 4 is 0 Å². The minimum absolute atomic E-state index is 0.209. The lowest BCUT2D eigenvalue weighted by Gasteiger charge is -2.15. The van der Waals surface area contributed by atoms with E-state index in [0.717, 1.165) is 11.3 Å². The van der Waals surface area contributed by atoms with Crippen LogP contribution in [0, 0.1) is 12.7 Å². The lowest BCUT2D eigenvalue weighted by Crippen LogP contribution is -2.29. The maximum absolute atomic E-state index is 14.1. The van der Waals surface area contributed by atoms with Crippen LogP contribution in [0.4, 0.5) is 4.39 Å². The van der Waals surface area contributed by atoms with Gasteiger partial charge in [0.1, 0.15) is 5.76 Å². The Balaban J connectivity index is 2.23. The molecule has 0 aliphatic heterocycles. The number of methoxy groups -OCH3 is 1. The summed E-state index contributed by atoms with van der Waals surface area (Å²) in [5, 5.41) is 0. The first-order chi connectivity index (χ1) is 9.15. The third-order valence-electron chi connectivity index (χ3n) is 3.04. The van der Waals surface area contributed by atoms with Crippen LogP contribution in [0.2, 0.25) is 0 Å². The maximum Gasteiger partial charge on any atom is 0.168 e. The highest BCUT2D eigenvalue weighted by atomic mass is 19.1. The van der Waals surface area contributed by atoms with Crippen molar-refractivity contribution in [2.45, 2.75) is 19.4 Å². The Bertz CT molecular complexity index is 554. The predicted octanol–water partition coefficient (Wildman–Crippen LogP) is 2.48. The predicted molar refractivity (Wildman–Crippen MR) is 70.2 cm³/mol. The summed E-state index contributed by atoms with van der Waals surface area (Å²) in [5.41, 5.74) is 4.11. The number of nitrogens with two attached hydrogens (primary N) is 1. The minimum Gasteiger partial charge on any atom is -0.494 e. The van der Waals surface area contributed by atoms with Crippen LogP contribution in [0.3, 0.4) is 0 Å². The quantitative estimate of drug-likeness (QED) is 0.643. The van der Waals surface area contributed by atoms with Crippen molar-refractivity contribution in [2.75, 3.05) is 7.11 Å². The van der Waals surface area contributed by atoms with Gasteiger partial charge in [-0.3, -0.25) is 11.3 Å². The standard InChI is InChI=1S/C14H17FN2O2/c1-9-6-11(8-19-9)12(17-16)7-10-4-3-5-13(18-2)14(10)15/h3-6,8,12,17H,7,16H2,1-2H3. The molecular formula is C14H17FN2O2. The number of hydrogen-bond donors (Lipinski definition) is 2. The monoisotopic (exact) mass is 264 g/mol. The van der Waals surface area contributed by atoms with Crippen molar-refractivity contribution in [2.24, 2.45) is 5.84 Å². The molecule has 1 unspecified atom stereocenters. The van der Waals surface area contributed by atoms with Crippen molar-refractivity contribution in [3.63, 3.8) is 0 Å². The number of nitrogens with one attached hydrogen (secondary N) is 1. The summed E-state index contributed by atoms with van der Waals surface area (Å²) >= 11 is 0. The molecule has 0 saturated heterocycles. The van der Waals surface area contributed by atoms with E-state index in [-0.39, 0.29) is 17.6 Å². The highest BCUT2D eigenvalue weighted by molar-refractivity contribution is 5.32. The van der Waals surface area contributed by atoms with Gasteiger partial charge in [-0.25, -0.2) is 4.39 Å². The summed E-state index contributed by atoms with van der Waals surface area (Å²) in [6.07, 6.45) is 2.04. The molecule has 102 valence electrons. The van der Waals surface area contributed by atoms with Gasteiger partial charge in [-0.1, -0.05) is 12.1 Å². The number of ether oxygens (including phenoxy) is 1. The third-order valence-corrected chi connectivity index (χ3v) is 3.04. The van der Waals surface area contributed by atoms with E-state index >= 15 is 0 Å². The zero-order chi connectivity index (χ0) is 13.8. The van der Waals surface area contributed by atoms with E-state index in [1.807, 2.05) is 13.0 Å². The molecule has 0 saturated carbocycles. The molecule has 0 spiro atoms. The zero-order valence-corrected chi connectivity index (χ0v) is 10.9. The van der Waals surface area contributed by atoms with Crippen LogP contribution in [0.15, 0.2) is 34.9 Å². The van der Waals surface area contributed by atoms with Gasteiger partial charge in [-0.2, -0.15) is 0 Å². The normalized spacial score (nSPS) is 12.4. The fourth-order valence-corrected chi connectivity index (χ4v) is 2.01. The van der Waals surface area contributed by atoms with E-state index in [4.69, 9.17) is 15.0 Å². The second kappa shape index (κ2) is 5.86. The molecular weight excluding hydrogens is 247 g/mol. The minimum atomic E-state index is -0.356. The molecule has 0 amide bonds. The highest BCUT2D eigenvalue weighted by Crippen LogP contribution is 2.25. The number of furan rings is 1. The van der Waals surface area contributed by atoms with Crippen molar-refractivity contribution in [3.8, 4) is 5.75 Å². The first-order valence-corrected chi connectivity index (χ1v) is 5.98. The molecule has 0 aliphatic rings. The molecule has 2 rings (SSSR count). The summed E-state index contributed by atoms with van der Waals surface area (Å²) in [5.74, 6) is 6.21. The summed E-state index contributed by atoms with van der Waals surface area (Å²) < 4.78 is 24.3. The number of hydrogen-bond acceptors (Lipinski definition) is 4. The Labute approximate surface area is 111 Å². The van der Waals surface area contributed by atoms with Gasteiger partial charge >= 0.3 is 0 Å². The van der Waals surface area contributed by atoms with Gasteiger partial charge < -0.3 is 9.15 Å². The van der Waals surface area contributed by atoms with Gasteiger partial charge in [0.2, 0.25) is 0 Å². The lowest BCUT2D eigenvalue weighted by atomic mass is 10.0. The summed E-state index contributed by atoms with van der Waals surface area (Å²) in [4.78, 5) is 0. The van der Waals surface area contributed by atoms with Crippen molar-refractivity contribution in [1.82, 2.24) is 5.43 Å². The maximum atomic E-state index is 14.1. The van der Waals surface area contributed by atoms with Crippen LogP contribution < -0.4 is 16.0 Å². The summed E-state index contributed by atoms with van der Waals surface area (Å²) in [6, 6.07) is 6.73. The molecule has 5 heteroatoms. The smallest absolute Gasteiger partial charge is 0.168 e. The Morgan fingerprint density at radius 2 is 2.26 bits per heavy atom. The van der Waals surface area contributed by atoms with E-state index in [1.165, 1.54) is 7.11 Å². The molecule has 0 radical (unpaired) electrons. The molecule has 0 aliphatic carbocycles. The Kier molecular flexibility index (Phi) is 4.19. The SMILES string of the molecule is COc1cccc(CC(NN)c2coc(C)c2)c1F. The Hall–Kier alpha value is -1.85. The number of rotatable bonds is 5. The molecule has 4 nitrogen and oxygen atoms in total. The third kappa shape index (κ3) is 2.94. The molecule has 3 N–H and O–H groups in total. The van der Waals surface area contributed by atoms with E-state index in [9.17, 15) is 4.39 Å². The van der Waals surface area contributed by atoms with E-state index in [1.54, 1.807) is 24.5 Å². The summed E-state index contributed by atoms with van der Waals surface area (Å²) in [7, 11) is 1.44. The van der Waals surface area contributed by atoms with Gasteiger partial charge in [-0.05, 0) is 31.0 Å². The van der Waals surface area contributed by atoms with Gasteiger partial charge in [0.25, 0.3) is 0 Å². The molecule has 1 aromatic carbocycles. The van der Waals surface area contributed by atoms with Crippen molar-refractivity contribution < 1.29 is 13.5 Å². The molecule has 1 heterocycles. The van der Waals surface area contributed by atoms with Crippen molar-refractivity contribution in [1.29, 1.82) is 0 Å². The Morgan fingerprint density at radius 3 is 2.84 bits per heavy atom. The average Bonchev–Trinajstić information content (AvgIpc) is 2.84. The topological polar surface area (TPSA) is 60.4 Å². The van der Waals surface area contributed by atoms with Gasteiger partial charge in [0, 0.05) is 5.56 Å². The molecule has 0 bridgehead atoms. The molecule has 1 atom stereocenters. The van der Waals surface area contributed by atoms with Crippen LogP contribution in [0.25, 0.3) is 0 Å². The number of aryl methyl sites for hydroxylation is 1. The summed E-state index contributed by atoms with van der Waals surface area (Å²) in [6.45, 7) is 1.85. The fraction of sp³-hybridized carbons (Fsp3) is 0.286. The molecule has 19 heavy (non-hydrogen) atoms. The van der Waals surface area contributed by atoms with Crippen LogP contribution >= 0.6 is 0 Å². The number of benzene rings is 1. The zero-order valence-electron chi connectivity index (χ0n) is 10.9. The van der Waals surface area contributed by atoms with Gasteiger partial charge in [0.05, 0.1) is 19.4 Å². The van der Waals surface area contributed by atoms with Gasteiger partial charge in [0.15, 0.2) is 11.6 Å². The average molecular weight is 264 g/mol. The first kappa shape index (κ1) is 13.6. The van der Waals surface area contributed by atoms with Gasteiger partial charge in [-0.15, -0.1) is 0 Å². The van der Waals surface area contributed by atoms with Crippen molar-refractivity contribution in [3.05, 3.63) is 53.2 Å². The van der Waals surface area contributed by atoms with Crippen LogP contribution in [-0.4, -0.2) is 7.11 Å². The van der Waals surface area contributed by atoms with E-state index in [0.29, 0.717) is 12.0 Å². The van der Waals surface area contributed by atoms with Crippen LogP contribution in [0.1, 0.15) is 22.9 Å². The van der Waals surface area contributed by atoms with E-state index in [2.05, 4.69) is 5.43 Å². The first-order valence-electron chi connectivity index (χ1n) is 5.98. The van der Waals surface area contributed by atoms with Crippen LogP contribution in [-0.2, 0) is 6.42 Å². The molecule has 2 aromatic rings. The fourth-order valence-electron chi connectivity index (χ4n) is 2.01. The molecule has 0 fully saturated rings. The number of hydrazine groups is 1. The Morgan fingerprint density at radius 1 is 1.47 bits per heavy atom.